The third-order valence-corrected chi connectivity index (χ3v) is 12.3. The van der Waals surface area contributed by atoms with E-state index in [9.17, 15) is 0 Å². The molecule has 0 spiro atoms. The van der Waals surface area contributed by atoms with Gasteiger partial charge in [-0.3, -0.25) is 0 Å². The van der Waals surface area contributed by atoms with Gasteiger partial charge in [-0.15, -0.1) is 0 Å². The maximum absolute atomic E-state index is 2.45. The smallest absolute Gasteiger partial charge is 0.0541 e. The summed E-state index contributed by atoms with van der Waals surface area (Å²) in [7, 11) is 0. The number of benzene rings is 10. The minimum atomic E-state index is 1.14. The monoisotopic (exact) mass is 762 g/mol. The number of para-hydroxylation sites is 3. The van der Waals surface area contributed by atoms with Crippen LogP contribution < -0.4 is 0 Å². The third kappa shape index (κ3) is 5.57. The molecule has 0 bridgehead atoms. The molecule has 2 aromatic heterocycles. The van der Waals surface area contributed by atoms with Gasteiger partial charge in [0.2, 0.25) is 0 Å². The fourth-order valence-electron chi connectivity index (χ4n) is 9.49. The Morgan fingerprint density at radius 3 is 1.35 bits per heavy atom. The zero-order valence-electron chi connectivity index (χ0n) is 32.8. The van der Waals surface area contributed by atoms with Crippen molar-refractivity contribution in [3.8, 4) is 55.9 Å². The van der Waals surface area contributed by atoms with Gasteiger partial charge < -0.3 is 9.13 Å². The fraction of sp³-hybridized carbons (Fsp3) is 0. The van der Waals surface area contributed by atoms with Crippen LogP contribution in [0, 0.1) is 0 Å². The van der Waals surface area contributed by atoms with Gasteiger partial charge in [0.05, 0.1) is 22.1 Å². The molecule has 2 heterocycles. The lowest BCUT2D eigenvalue weighted by molar-refractivity contribution is 1.18. The van der Waals surface area contributed by atoms with Crippen molar-refractivity contribution < 1.29 is 0 Å². The van der Waals surface area contributed by atoms with E-state index in [1.165, 1.54) is 105 Å². The lowest BCUT2D eigenvalue weighted by Gasteiger charge is -2.15. The second-order valence-corrected chi connectivity index (χ2v) is 15.7. The standard InChI is InChI=1S/C58H38N2/c1-3-15-39(16-4-1)45-34-46(41-19-13-20-44(33-41)50-26-14-18-40-17-7-8-23-49(40)50)36-48(35-45)60-56-28-12-10-25-52(56)54-38-43(30-32-58(54)60)42-29-31-57-53(37-42)51-24-9-11-27-55(51)59(57)47-21-5-2-6-22-47/h1-38H. The molecule has 2 nitrogen and oxygen atoms in total. The molecule has 0 fully saturated rings. The van der Waals surface area contributed by atoms with Crippen molar-refractivity contribution in [3.05, 3.63) is 231 Å². The Labute approximate surface area is 348 Å². The average Bonchev–Trinajstić information content (AvgIpc) is 3.84. The number of aromatic nitrogens is 2. The van der Waals surface area contributed by atoms with Crippen LogP contribution >= 0.6 is 0 Å². The fourth-order valence-corrected chi connectivity index (χ4v) is 9.49. The Kier molecular flexibility index (Phi) is 7.89. The molecule has 0 aliphatic rings. The van der Waals surface area contributed by atoms with E-state index < -0.39 is 0 Å². The summed E-state index contributed by atoms with van der Waals surface area (Å²) in [5.74, 6) is 0. The minimum absolute atomic E-state index is 1.14. The van der Waals surface area contributed by atoms with Gasteiger partial charge in [0, 0.05) is 32.9 Å². The third-order valence-electron chi connectivity index (χ3n) is 12.3. The molecule has 280 valence electrons. The second kappa shape index (κ2) is 13.9. The molecule has 0 aliphatic carbocycles. The van der Waals surface area contributed by atoms with Crippen molar-refractivity contribution in [3.63, 3.8) is 0 Å². The van der Waals surface area contributed by atoms with Gasteiger partial charge in [0.25, 0.3) is 0 Å². The van der Waals surface area contributed by atoms with E-state index in [0.717, 1.165) is 5.69 Å². The number of hydrogen-bond donors (Lipinski definition) is 0. The molecular formula is C58H38N2. The van der Waals surface area contributed by atoms with Crippen molar-refractivity contribution in [2.24, 2.45) is 0 Å². The van der Waals surface area contributed by atoms with Crippen molar-refractivity contribution in [1.29, 1.82) is 0 Å². The van der Waals surface area contributed by atoms with Gasteiger partial charge >= 0.3 is 0 Å². The van der Waals surface area contributed by atoms with E-state index in [1.807, 2.05) is 0 Å². The first kappa shape index (κ1) is 34.1. The topological polar surface area (TPSA) is 9.86 Å². The summed E-state index contributed by atoms with van der Waals surface area (Å²) in [5.41, 5.74) is 16.7. The van der Waals surface area contributed by atoms with Crippen LogP contribution in [0.4, 0.5) is 0 Å². The molecule has 0 amide bonds. The van der Waals surface area contributed by atoms with E-state index in [0.29, 0.717) is 0 Å². The summed E-state index contributed by atoms with van der Waals surface area (Å²) >= 11 is 0. The van der Waals surface area contributed by atoms with Crippen LogP contribution in [0.1, 0.15) is 0 Å². The quantitative estimate of drug-likeness (QED) is 0.160. The summed E-state index contributed by atoms with van der Waals surface area (Å²) in [6.45, 7) is 0. The second-order valence-electron chi connectivity index (χ2n) is 15.7. The first-order valence-corrected chi connectivity index (χ1v) is 20.7. The minimum Gasteiger partial charge on any atom is -0.309 e. The van der Waals surface area contributed by atoms with E-state index in [1.54, 1.807) is 0 Å². The van der Waals surface area contributed by atoms with E-state index in [-0.39, 0.29) is 0 Å². The van der Waals surface area contributed by atoms with Crippen molar-refractivity contribution in [2.75, 3.05) is 0 Å². The molecule has 2 heteroatoms. The predicted molar refractivity (Wildman–Crippen MR) is 254 cm³/mol. The normalized spacial score (nSPS) is 11.7. The summed E-state index contributed by atoms with van der Waals surface area (Å²) < 4.78 is 4.83. The maximum atomic E-state index is 2.45. The molecule has 0 radical (unpaired) electrons. The average molecular weight is 763 g/mol. The molecule has 12 aromatic rings. The Balaban J connectivity index is 1.03. The number of rotatable bonds is 6. The van der Waals surface area contributed by atoms with Crippen LogP contribution in [-0.2, 0) is 0 Å². The summed E-state index contributed by atoms with van der Waals surface area (Å²) in [5, 5.41) is 7.50. The zero-order valence-corrected chi connectivity index (χ0v) is 32.8. The first-order chi connectivity index (χ1) is 29.7. The highest BCUT2D eigenvalue weighted by molar-refractivity contribution is 6.13. The van der Waals surface area contributed by atoms with Gasteiger partial charge in [-0.2, -0.15) is 0 Å². The molecule has 12 rings (SSSR count). The highest BCUT2D eigenvalue weighted by atomic mass is 15.0. The van der Waals surface area contributed by atoms with Crippen molar-refractivity contribution >= 4 is 54.4 Å². The van der Waals surface area contributed by atoms with Gasteiger partial charge in [-0.25, -0.2) is 0 Å². The highest BCUT2D eigenvalue weighted by Crippen LogP contribution is 2.40. The van der Waals surface area contributed by atoms with E-state index >= 15 is 0 Å². The predicted octanol–water partition coefficient (Wildman–Crippen LogP) is 15.7. The van der Waals surface area contributed by atoms with Crippen LogP contribution in [0.25, 0.3) is 110 Å². The molecule has 60 heavy (non-hydrogen) atoms. The maximum Gasteiger partial charge on any atom is 0.0541 e. The van der Waals surface area contributed by atoms with Gasteiger partial charge in [-0.1, -0.05) is 158 Å². The van der Waals surface area contributed by atoms with Crippen molar-refractivity contribution in [1.82, 2.24) is 9.13 Å². The first-order valence-electron chi connectivity index (χ1n) is 20.7. The largest absolute Gasteiger partial charge is 0.309 e. The molecular weight excluding hydrogens is 725 g/mol. The lowest BCUT2D eigenvalue weighted by Crippen LogP contribution is -1.96. The van der Waals surface area contributed by atoms with Gasteiger partial charge in [0.15, 0.2) is 0 Å². The Morgan fingerprint density at radius 1 is 0.217 bits per heavy atom. The van der Waals surface area contributed by atoms with Crippen LogP contribution in [0.15, 0.2) is 231 Å². The van der Waals surface area contributed by atoms with Crippen LogP contribution in [-0.4, -0.2) is 9.13 Å². The van der Waals surface area contributed by atoms with Crippen LogP contribution in [0.3, 0.4) is 0 Å². The Morgan fingerprint density at radius 2 is 0.667 bits per heavy atom. The summed E-state index contributed by atoms with van der Waals surface area (Å²) in [6.07, 6.45) is 0. The lowest BCUT2D eigenvalue weighted by atomic mass is 9.93. The molecule has 0 unspecified atom stereocenters. The highest BCUT2D eigenvalue weighted by Gasteiger charge is 2.18. The SMILES string of the molecule is c1ccc(-c2cc(-c3cccc(-c4cccc5ccccc45)c3)cc(-n3c4ccccc4c4cc(-c5ccc6c(c5)c5ccccc5n6-c5ccccc5)ccc43)c2)cc1. The number of fused-ring (bicyclic) bond motifs is 7. The molecule has 0 saturated carbocycles. The Hall–Kier alpha value is -7.94. The van der Waals surface area contributed by atoms with E-state index in [2.05, 4.69) is 240 Å². The molecule has 0 atom stereocenters. The molecule has 0 aliphatic heterocycles. The zero-order chi connectivity index (χ0) is 39.6. The molecule has 0 saturated heterocycles. The van der Waals surface area contributed by atoms with Crippen LogP contribution in [0.5, 0.6) is 0 Å². The number of nitrogens with zero attached hydrogens (tertiary/aromatic N) is 2. The Bertz CT molecular complexity index is 3580. The van der Waals surface area contributed by atoms with Crippen LogP contribution in [0.2, 0.25) is 0 Å². The van der Waals surface area contributed by atoms with Gasteiger partial charge in [0.1, 0.15) is 0 Å². The summed E-state index contributed by atoms with van der Waals surface area (Å²) in [4.78, 5) is 0. The van der Waals surface area contributed by atoms with Crippen molar-refractivity contribution in [2.45, 2.75) is 0 Å². The van der Waals surface area contributed by atoms with Gasteiger partial charge in [-0.05, 0) is 128 Å². The summed E-state index contributed by atoms with van der Waals surface area (Å²) in [6, 6.07) is 84.3. The number of hydrogen-bond acceptors (Lipinski definition) is 0. The molecule has 0 N–H and O–H groups in total. The van der Waals surface area contributed by atoms with E-state index in [4.69, 9.17) is 0 Å². The molecule has 10 aromatic carbocycles.